The molecule has 1 aromatic carbocycles. The number of likely N-dealkylation sites (tertiary alicyclic amines) is 1. The normalized spacial score (nSPS) is 19.4. The van der Waals surface area contributed by atoms with Gasteiger partial charge in [0, 0.05) is 26.7 Å². The molecule has 3 rings (SSSR count). The van der Waals surface area contributed by atoms with Gasteiger partial charge in [0.2, 0.25) is 0 Å². The number of nitrogens with one attached hydrogen (secondary N) is 1. The Morgan fingerprint density at radius 2 is 1.74 bits per heavy atom. The first kappa shape index (κ1) is 18.5. The molecule has 1 saturated heterocycles. The molecular formula is C18H29IN4. The summed E-state index contributed by atoms with van der Waals surface area (Å²) in [5, 5.41) is 3.42. The molecule has 4 nitrogen and oxygen atoms in total. The molecule has 0 unspecified atom stereocenters. The topological polar surface area (TPSA) is 30.9 Å². The van der Waals surface area contributed by atoms with Crippen LogP contribution in [-0.2, 0) is 13.1 Å². The third-order valence-electron chi connectivity index (χ3n) is 4.81. The SMILES string of the molecule is CC1CCN(Cc2ccc(CNC3=NCCN3C)cc2)CC1.I. The quantitative estimate of drug-likeness (QED) is 0.749. The molecule has 1 aromatic rings. The Morgan fingerprint density at radius 1 is 1.09 bits per heavy atom. The Balaban J connectivity index is 0.00000192. The summed E-state index contributed by atoms with van der Waals surface area (Å²) in [5.74, 6) is 1.92. The van der Waals surface area contributed by atoms with Crippen LogP contribution in [0.15, 0.2) is 29.3 Å². The van der Waals surface area contributed by atoms with Crippen molar-refractivity contribution in [2.45, 2.75) is 32.9 Å². The molecule has 0 atom stereocenters. The van der Waals surface area contributed by atoms with Gasteiger partial charge in [-0.2, -0.15) is 0 Å². The van der Waals surface area contributed by atoms with Gasteiger partial charge in [0.25, 0.3) is 0 Å². The van der Waals surface area contributed by atoms with Crippen LogP contribution >= 0.6 is 24.0 Å². The molecule has 0 amide bonds. The second-order valence-corrected chi connectivity index (χ2v) is 6.76. The molecule has 0 aromatic heterocycles. The molecule has 0 bridgehead atoms. The van der Waals surface area contributed by atoms with E-state index >= 15 is 0 Å². The number of benzene rings is 1. The first-order valence-corrected chi connectivity index (χ1v) is 8.50. The molecule has 23 heavy (non-hydrogen) atoms. The lowest BCUT2D eigenvalue weighted by molar-refractivity contribution is 0.185. The molecule has 0 saturated carbocycles. The average molecular weight is 428 g/mol. The van der Waals surface area contributed by atoms with Crippen molar-refractivity contribution in [3.63, 3.8) is 0 Å². The summed E-state index contributed by atoms with van der Waals surface area (Å²) in [6.07, 6.45) is 2.69. The summed E-state index contributed by atoms with van der Waals surface area (Å²) in [6, 6.07) is 9.03. The summed E-state index contributed by atoms with van der Waals surface area (Å²) in [4.78, 5) is 9.21. The van der Waals surface area contributed by atoms with E-state index in [1.807, 2.05) is 0 Å². The van der Waals surface area contributed by atoms with Crippen LogP contribution in [0.3, 0.4) is 0 Å². The highest BCUT2D eigenvalue weighted by molar-refractivity contribution is 14.0. The number of halogens is 1. The van der Waals surface area contributed by atoms with Crippen LogP contribution in [0.25, 0.3) is 0 Å². The molecule has 5 heteroatoms. The van der Waals surface area contributed by atoms with Gasteiger partial charge in [-0.25, -0.2) is 0 Å². The fourth-order valence-corrected chi connectivity index (χ4v) is 3.15. The van der Waals surface area contributed by atoms with Crippen LogP contribution in [-0.4, -0.2) is 49.0 Å². The number of piperidine rings is 1. The van der Waals surface area contributed by atoms with Gasteiger partial charge in [-0.15, -0.1) is 24.0 Å². The monoisotopic (exact) mass is 428 g/mol. The molecule has 1 N–H and O–H groups in total. The summed E-state index contributed by atoms with van der Waals surface area (Å²) in [6.45, 7) is 8.74. The van der Waals surface area contributed by atoms with E-state index in [0.29, 0.717) is 0 Å². The van der Waals surface area contributed by atoms with Crippen molar-refractivity contribution >= 4 is 29.9 Å². The van der Waals surface area contributed by atoms with Crippen LogP contribution in [0.1, 0.15) is 30.9 Å². The highest BCUT2D eigenvalue weighted by Crippen LogP contribution is 2.18. The summed E-state index contributed by atoms with van der Waals surface area (Å²) in [7, 11) is 2.08. The molecule has 2 aliphatic rings. The van der Waals surface area contributed by atoms with Crippen LogP contribution in [0.4, 0.5) is 0 Å². The van der Waals surface area contributed by atoms with Crippen LogP contribution in [0.5, 0.6) is 0 Å². The zero-order chi connectivity index (χ0) is 15.4. The number of guanidine groups is 1. The van der Waals surface area contributed by atoms with Crippen molar-refractivity contribution in [1.82, 2.24) is 15.1 Å². The summed E-state index contributed by atoms with van der Waals surface area (Å²) < 4.78 is 0. The highest BCUT2D eigenvalue weighted by atomic mass is 127. The maximum atomic E-state index is 4.46. The van der Waals surface area contributed by atoms with Crippen molar-refractivity contribution in [3.8, 4) is 0 Å². The minimum Gasteiger partial charge on any atom is -0.352 e. The lowest BCUT2D eigenvalue weighted by atomic mass is 9.99. The van der Waals surface area contributed by atoms with E-state index in [1.165, 1.54) is 37.1 Å². The molecule has 0 radical (unpaired) electrons. The predicted octanol–water partition coefficient (Wildman–Crippen LogP) is 2.93. The third-order valence-corrected chi connectivity index (χ3v) is 4.81. The smallest absolute Gasteiger partial charge is 0.194 e. The first-order valence-electron chi connectivity index (χ1n) is 8.50. The van der Waals surface area contributed by atoms with E-state index in [1.54, 1.807) is 0 Å². The van der Waals surface area contributed by atoms with Crippen molar-refractivity contribution in [2.75, 3.05) is 33.2 Å². The fraction of sp³-hybridized carbons (Fsp3) is 0.611. The maximum absolute atomic E-state index is 4.46. The minimum absolute atomic E-state index is 0. The molecule has 1 fully saturated rings. The number of aliphatic imine (C=N–C) groups is 1. The highest BCUT2D eigenvalue weighted by Gasteiger charge is 2.15. The van der Waals surface area contributed by atoms with Gasteiger partial charge in [0.15, 0.2) is 5.96 Å². The number of nitrogens with zero attached hydrogens (tertiary/aromatic N) is 3. The number of hydrogen-bond donors (Lipinski definition) is 1. The fourth-order valence-electron chi connectivity index (χ4n) is 3.15. The van der Waals surface area contributed by atoms with E-state index in [-0.39, 0.29) is 24.0 Å². The molecular weight excluding hydrogens is 399 g/mol. The van der Waals surface area contributed by atoms with Gasteiger partial charge in [0.05, 0.1) is 6.54 Å². The molecule has 128 valence electrons. The summed E-state index contributed by atoms with van der Waals surface area (Å²) in [5.41, 5.74) is 2.74. The third kappa shape index (κ3) is 5.35. The first-order chi connectivity index (χ1) is 10.7. The van der Waals surface area contributed by atoms with Crippen molar-refractivity contribution < 1.29 is 0 Å². The van der Waals surface area contributed by atoms with Crippen LogP contribution in [0.2, 0.25) is 0 Å². The number of likely N-dealkylation sites (N-methyl/N-ethyl adjacent to an activating group) is 1. The molecule has 0 spiro atoms. The van der Waals surface area contributed by atoms with Gasteiger partial charge in [-0.3, -0.25) is 9.89 Å². The Hall–Kier alpha value is -0.820. The Kier molecular flexibility index (Phi) is 7.14. The number of hydrogen-bond acceptors (Lipinski definition) is 4. The maximum Gasteiger partial charge on any atom is 0.194 e. The van der Waals surface area contributed by atoms with Crippen LogP contribution < -0.4 is 5.32 Å². The lowest BCUT2D eigenvalue weighted by Crippen LogP contribution is -2.35. The molecule has 2 aliphatic heterocycles. The second kappa shape index (κ2) is 8.87. The van der Waals surface area contributed by atoms with Crippen molar-refractivity contribution in [3.05, 3.63) is 35.4 Å². The Morgan fingerprint density at radius 3 is 2.35 bits per heavy atom. The van der Waals surface area contributed by atoms with Crippen molar-refractivity contribution in [2.24, 2.45) is 10.9 Å². The van der Waals surface area contributed by atoms with Gasteiger partial charge < -0.3 is 10.2 Å². The predicted molar refractivity (Wildman–Crippen MR) is 107 cm³/mol. The van der Waals surface area contributed by atoms with Crippen molar-refractivity contribution in [1.29, 1.82) is 0 Å². The van der Waals surface area contributed by atoms with E-state index in [4.69, 9.17) is 0 Å². The largest absolute Gasteiger partial charge is 0.352 e. The second-order valence-electron chi connectivity index (χ2n) is 6.76. The summed E-state index contributed by atoms with van der Waals surface area (Å²) >= 11 is 0. The Bertz CT molecular complexity index is 506. The van der Waals surface area contributed by atoms with E-state index < -0.39 is 0 Å². The Labute approximate surface area is 157 Å². The zero-order valence-electron chi connectivity index (χ0n) is 14.3. The average Bonchev–Trinajstić information content (AvgIpc) is 2.94. The number of rotatable bonds is 4. The minimum atomic E-state index is 0. The van der Waals surface area contributed by atoms with Crippen LogP contribution in [0, 0.1) is 5.92 Å². The van der Waals surface area contributed by atoms with E-state index in [2.05, 4.69) is 58.3 Å². The van der Waals surface area contributed by atoms with Gasteiger partial charge in [-0.1, -0.05) is 31.2 Å². The van der Waals surface area contributed by atoms with E-state index in [9.17, 15) is 0 Å². The van der Waals surface area contributed by atoms with Gasteiger partial charge in [0.1, 0.15) is 0 Å². The van der Waals surface area contributed by atoms with Gasteiger partial charge in [-0.05, 0) is 43.0 Å². The molecule has 2 heterocycles. The zero-order valence-corrected chi connectivity index (χ0v) is 16.6. The molecule has 0 aliphatic carbocycles. The lowest BCUT2D eigenvalue weighted by Gasteiger charge is -2.30. The standard InChI is InChI=1S/C18H28N4.HI/c1-15-7-10-22(11-8-15)14-17-5-3-16(4-6-17)13-20-18-19-9-12-21(18)2;/h3-6,15H,7-14H2,1-2H3,(H,19,20);1H. The van der Waals surface area contributed by atoms with E-state index in [0.717, 1.165) is 38.1 Å². The van der Waals surface area contributed by atoms with Gasteiger partial charge >= 0.3 is 0 Å².